The highest BCUT2D eigenvalue weighted by Crippen LogP contribution is 2.48. The summed E-state index contributed by atoms with van der Waals surface area (Å²) in [5.74, 6) is 0.648. The second-order valence-electron chi connectivity index (χ2n) is 4.44. The summed E-state index contributed by atoms with van der Waals surface area (Å²) < 4.78 is 0. The van der Waals surface area contributed by atoms with Gasteiger partial charge in [0.2, 0.25) is 0 Å². The zero-order chi connectivity index (χ0) is 9.53. The van der Waals surface area contributed by atoms with Crippen LogP contribution in [0.3, 0.4) is 0 Å². The maximum absolute atomic E-state index is 6.32. The zero-order valence-corrected chi connectivity index (χ0v) is 8.04. The minimum atomic E-state index is -0.403. The molecular weight excluding hydrogens is 166 g/mol. The smallest absolute Gasteiger partial charge is 0.194 e. The quantitative estimate of drug-likeness (QED) is 0.663. The maximum atomic E-state index is 6.32. The first-order valence-corrected chi connectivity index (χ1v) is 4.59. The van der Waals surface area contributed by atoms with Crippen molar-refractivity contribution in [2.75, 3.05) is 0 Å². The fourth-order valence-corrected chi connectivity index (χ4v) is 2.14. The van der Waals surface area contributed by atoms with Gasteiger partial charge in [-0.15, -0.1) is 10.2 Å². The molecule has 0 saturated heterocycles. The van der Waals surface area contributed by atoms with Crippen molar-refractivity contribution in [3.05, 3.63) is 5.82 Å². The number of hydrogen-bond donors (Lipinski definition) is 2. The zero-order valence-electron chi connectivity index (χ0n) is 8.04. The monoisotopic (exact) mass is 181 g/mol. The molecule has 5 nitrogen and oxygen atoms in total. The first-order valence-electron chi connectivity index (χ1n) is 4.59. The van der Waals surface area contributed by atoms with Crippen molar-refractivity contribution >= 4 is 0 Å². The minimum absolute atomic E-state index is 0.0663. The lowest BCUT2D eigenvalue weighted by molar-refractivity contribution is 0.198. The molecule has 1 heterocycles. The lowest BCUT2D eigenvalue weighted by Gasteiger charge is -2.34. The van der Waals surface area contributed by atoms with E-state index in [1.54, 1.807) is 0 Å². The van der Waals surface area contributed by atoms with E-state index >= 15 is 0 Å². The Kier molecular flexibility index (Phi) is 1.66. The van der Waals surface area contributed by atoms with Gasteiger partial charge < -0.3 is 5.73 Å². The second-order valence-corrected chi connectivity index (χ2v) is 4.44. The highest BCUT2D eigenvalue weighted by atomic mass is 15.5. The summed E-state index contributed by atoms with van der Waals surface area (Å²) in [6.07, 6.45) is 3.20. The van der Waals surface area contributed by atoms with Crippen LogP contribution in [-0.4, -0.2) is 20.6 Å². The molecule has 1 aliphatic carbocycles. The Hall–Kier alpha value is -0.970. The number of aromatic nitrogens is 4. The Morgan fingerprint density at radius 2 is 2.15 bits per heavy atom. The van der Waals surface area contributed by atoms with Crippen LogP contribution in [0.25, 0.3) is 0 Å². The first-order chi connectivity index (χ1) is 6.06. The predicted octanol–water partition coefficient (Wildman–Crippen LogP) is 0.564. The number of rotatable bonds is 1. The van der Waals surface area contributed by atoms with E-state index in [1.165, 1.54) is 0 Å². The number of nitrogens with zero attached hydrogens (tertiary/aromatic N) is 3. The van der Waals surface area contributed by atoms with Gasteiger partial charge in [0.15, 0.2) is 5.82 Å². The van der Waals surface area contributed by atoms with Crippen molar-refractivity contribution in [2.24, 2.45) is 11.1 Å². The molecule has 0 amide bonds. The largest absolute Gasteiger partial charge is 0.318 e. The van der Waals surface area contributed by atoms with Gasteiger partial charge in [-0.05, 0) is 18.3 Å². The molecule has 1 atom stereocenters. The summed E-state index contributed by atoms with van der Waals surface area (Å²) in [6, 6.07) is 0. The van der Waals surface area contributed by atoms with E-state index in [-0.39, 0.29) is 5.41 Å². The summed E-state index contributed by atoms with van der Waals surface area (Å²) in [4.78, 5) is 0. The van der Waals surface area contributed by atoms with Gasteiger partial charge in [-0.3, -0.25) is 0 Å². The lowest BCUT2D eigenvalue weighted by Crippen LogP contribution is -2.46. The molecule has 5 heteroatoms. The molecule has 0 aliphatic heterocycles. The molecule has 1 unspecified atom stereocenters. The van der Waals surface area contributed by atoms with Gasteiger partial charge in [-0.1, -0.05) is 25.5 Å². The van der Waals surface area contributed by atoms with Crippen LogP contribution in [0.15, 0.2) is 0 Å². The van der Waals surface area contributed by atoms with Crippen molar-refractivity contribution in [1.29, 1.82) is 0 Å². The maximum Gasteiger partial charge on any atom is 0.194 e. The van der Waals surface area contributed by atoms with Crippen LogP contribution in [0.4, 0.5) is 0 Å². The molecule has 2 rings (SSSR count). The molecule has 1 saturated carbocycles. The summed E-state index contributed by atoms with van der Waals surface area (Å²) in [7, 11) is 0. The first kappa shape index (κ1) is 8.62. The standard InChI is InChI=1S/C8H15N5/c1-7(2)4-3-5-8(7,9)6-10-12-13-11-6/h3-5,9H2,1-2H3,(H,10,11,12,13). The van der Waals surface area contributed by atoms with Crippen molar-refractivity contribution < 1.29 is 0 Å². The van der Waals surface area contributed by atoms with E-state index in [9.17, 15) is 0 Å². The van der Waals surface area contributed by atoms with E-state index < -0.39 is 5.54 Å². The van der Waals surface area contributed by atoms with Crippen LogP contribution in [0.2, 0.25) is 0 Å². The number of hydrogen-bond acceptors (Lipinski definition) is 4. The molecular formula is C8H15N5. The molecule has 0 bridgehead atoms. The van der Waals surface area contributed by atoms with Crippen LogP contribution in [0.1, 0.15) is 38.9 Å². The Labute approximate surface area is 77.1 Å². The fourth-order valence-electron chi connectivity index (χ4n) is 2.14. The third-order valence-corrected chi connectivity index (χ3v) is 3.32. The summed E-state index contributed by atoms with van der Waals surface area (Å²) in [6.45, 7) is 4.33. The Morgan fingerprint density at radius 1 is 1.38 bits per heavy atom. The molecule has 1 aromatic heterocycles. The van der Waals surface area contributed by atoms with E-state index in [0.717, 1.165) is 19.3 Å². The highest BCUT2D eigenvalue weighted by Gasteiger charge is 2.49. The second kappa shape index (κ2) is 2.51. The molecule has 0 aromatic carbocycles. The summed E-state index contributed by atoms with van der Waals surface area (Å²) in [5, 5.41) is 14.0. The average Bonchev–Trinajstić information content (AvgIpc) is 2.61. The molecule has 1 aliphatic rings. The van der Waals surface area contributed by atoms with Crippen LogP contribution >= 0.6 is 0 Å². The highest BCUT2D eigenvalue weighted by molar-refractivity contribution is 5.12. The number of nitrogens with one attached hydrogen (secondary N) is 1. The van der Waals surface area contributed by atoms with Gasteiger partial charge >= 0.3 is 0 Å². The molecule has 3 N–H and O–H groups in total. The Bertz CT molecular complexity index is 291. The van der Waals surface area contributed by atoms with Crippen molar-refractivity contribution in [3.63, 3.8) is 0 Å². The van der Waals surface area contributed by atoms with E-state index in [1.807, 2.05) is 0 Å². The number of aromatic amines is 1. The Morgan fingerprint density at radius 3 is 2.62 bits per heavy atom. The predicted molar refractivity (Wildman–Crippen MR) is 47.7 cm³/mol. The van der Waals surface area contributed by atoms with E-state index in [4.69, 9.17) is 5.73 Å². The van der Waals surface area contributed by atoms with E-state index in [2.05, 4.69) is 34.5 Å². The van der Waals surface area contributed by atoms with Gasteiger partial charge in [-0.2, -0.15) is 5.21 Å². The van der Waals surface area contributed by atoms with Crippen molar-refractivity contribution in [1.82, 2.24) is 20.6 Å². The van der Waals surface area contributed by atoms with Crippen LogP contribution in [-0.2, 0) is 5.54 Å². The molecule has 1 fully saturated rings. The summed E-state index contributed by atoms with van der Waals surface area (Å²) in [5.41, 5.74) is 5.98. The third kappa shape index (κ3) is 1.07. The molecule has 0 spiro atoms. The Balaban J connectivity index is 2.40. The van der Waals surface area contributed by atoms with Crippen LogP contribution in [0.5, 0.6) is 0 Å². The SMILES string of the molecule is CC1(C)CCCC1(N)c1nn[nH]n1. The summed E-state index contributed by atoms with van der Waals surface area (Å²) >= 11 is 0. The molecule has 13 heavy (non-hydrogen) atoms. The number of tetrazole rings is 1. The molecule has 72 valence electrons. The van der Waals surface area contributed by atoms with Gasteiger partial charge in [0.25, 0.3) is 0 Å². The molecule has 1 aromatic rings. The normalized spacial score (nSPS) is 32.2. The van der Waals surface area contributed by atoms with Crippen molar-refractivity contribution in [3.8, 4) is 0 Å². The van der Waals surface area contributed by atoms with E-state index in [0.29, 0.717) is 5.82 Å². The van der Waals surface area contributed by atoms with Gasteiger partial charge in [0.1, 0.15) is 0 Å². The van der Waals surface area contributed by atoms with Gasteiger partial charge in [0, 0.05) is 0 Å². The third-order valence-electron chi connectivity index (χ3n) is 3.32. The fraction of sp³-hybridized carbons (Fsp3) is 0.875. The van der Waals surface area contributed by atoms with Crippen LogP contribution < -0.4 is 5.73 Å². The number of H-pyrrole nitrogens is 1. The number of nitrogens with two attached hydrogens (primary N) is 1. The van der Waals surface area contributed by atoms with Gasteiger partial charge in [0.05, 0.1) is 5.54 Å². The minimum Gasteiger partial charge on any atom is -0.318 e. The topological polar surface area (TPSA) is 80.5 Å². The van der Waals surface area contributed by atoms with Crippen molar-refractivity contribution in [2.45, 2.75) is 38.6 Å². The lowest BCUT2D eigenvalue weighted by atomic mass is 9.75. The molecule has 0 radical (unpaired) electrons. The van der Waals surface area contributed by atoms with Gasteiger partial charge in [-0.25, -0.2) is 0 Å². The van der Waals surface area contributed by atoms with Crippen LogP contribution in [0, 0.1) is 5.41 Å². The average molecular weight is 181 g/mol.